The van der Waals surface area contributed by atoms with Crippen LogP contribution in [-0.4, -0.2) is 33.8 Å². The molecule has 1 aliphatic heterocycles. The number of rotatable bonds is 4. The second-order valence-corrected chi connectivity index (χ2v) is 7.08. The Morgan fingerprint density at radius 3 is 2.81 bits per heavy atom. The molecular formula is C17H30N4. The van der Waals surface area contributed by atoms with E-state index in [1.807, 2.05) is 0 Å². The van der Waals surface area contributed by atoms with E-state index in [0.29, 0.717) is 18.0 Å². The van der Waals surface area contributed by atoms with Crippen LogP contribution >= 0.6 is 0 Å². The van der Waals surface area contributed by atoms with Gasteiger partial charge in [-0.05, 0) is 51.1 Å². The molecule has 2 aliphatic rings. The van der Waals surface area contributed by atoms with Gasteiger partial charge in [0.05, 0.1) is 11.7 Å². The van der Waals surface area contributed by atoms with Crippen molar-refractivity contribution in [1.82, 2.24) is 14.7 Å². The summed E-state index contributed by atoms with van der Waals surface area (Å²) in [6.45, 7) is 5.46. The smallest absolute Gasteiger partial charge is 0.0764 e. The lowest BCUT2D eigenvalue weighted by Crippen LogP contribution is -2.42. The third kappa shape index (κ3) is 3.86. The molecule has 2 atom stereocenters. The topological polar surface area (TPSA) is 47.1 Å². The van der Waals surface area contributed by atoms with E-state index in [-0.39, 0.29) is 0 Å². The molecule has 118 valence electrons. The Labute approximate surface area is 128 Å². The van der Waals surface area contributed by atoms with Crippen molar-refractivity contribution in [1.29, 1.82) is 0 Å². The van der Waals surface area contributed by atoms with E-state index in [4.69, 9.17) is 10.8 Å². The maximum atomic E-state index is 6.08. The highest BCUT2D eigenvalue weighted by Crippen LogP contribution is 2.27. The van der Waals surface area contributed by atoms with Gasteiger partial charge in [-0.1, -0.05) is 19.3 Å². The minimum atomic E-state index is 0.313. The van der Waals surface area contributed by atoms with E-state index in [1.54, 1.807) is 0 Å². The molecule has 0 aromatic carbocycles. The first-order valence-corrected chi connectivity index (χ1v) is 8.74. The van der Waals surface area contributed by atoms with Crippen molar-refractivity contribution < 1.29 is 0 Å². The number of aromatic nitrogens is 2. The number of nitrogens with zero attached hydrogens (tertiary/aromatic N) is 3. The maximum Gasteiger partial charge on any atom is 0.0764 e. The SMILES string of the molecule is CC(N)C1CCCN(Cc2ccn(C3CCCCC3)n2)C1. The molecule has 0 amide bonds. The highest BCUT2D eigenvalue weighted by Gasteiger charge is 2.23. The van der Waals surface area contributed by atoms with Crippen LogP contribution in [0.1, 0.15) is 63.6 Å². The van der Waals surface area contributed by atoms with Crippen LogP contribution in [0.3, 0.4) is 0 Å². The Kier molecular flexibility index (Phi) is 4.96. The number of likely N-dealkylation sites (tertiary alicyclic amines) is 1. The normalized spacial score (nSPS) is 26.9. The molecule has 1 saturated heterocycles. The van der Waals surface area contributed by atoms with Gasteiger partial charge in [0.25, 0.3) is 0 Å². The minimum absolute atomic E-state index is 0.313. The monoisotopic (exact) mass is 290 g/mol. The van der Waals surface area contributed by atoms with Gasteiger partial charge in [0.1, 0.15) is 0 Å². The zero-order valence-corrected chi connectivity index (χ0v) is 13.4. The molecule has 21 heavy (non-hydrogen) atoms. The van der Waals surface area contributed by atoms with Crippen LogP contribution in [0.25, 0.3) is 0 Å². The lowest BCUT2D eigenvalue weighted by molar-refractivity contribution is 0.152. The molecule has 0 radical (unpaired) electrons. The maximum absolute atomic E-state index is 6.08. The molecule has 1 aliphatic carbocycles. The van der Waals surface area contributed by atoms with Gasteiger partial charge >= 0.3 is 0 Å². The summed E-state index contributed by atoms with van der Waals surface area (Å²) < 4.78 is 2.22. The van der Waals surface area contributed by atoms with Crippen molar-refractivity contribution in [3.05, 3.63) is 18.0 Å². The third-order valence-electron chi connectivity index (χ3n) is 5.28. The zero-order chi connectivity index (χ0) is 14.7. The highest BCUT2D eigenvalue weighted by molar-refractivity contribution is 5.00. The van der Waals surface area contributed by atoms with E-state index < -0.39 is 0 Å². The lowest BCUT2D eigenvalue weighted by Gasteiger charge is -2.34. The van der Waals surface area contributed by atoms with Gasteiger partial charge < -0.3 is 5.73 Å². The fraction of sp³-hybridized carbons (Fsp3) is 0.824. The molecule has 0 spiro atoms. The number of hydrogen-bond donors (Lipinski definition) is 1. The first-order valence-electron chi connectivity index (χ1n) is 8.74. The fourth-order valence-electron chi connectivity index (χ4n) is 3.90. The molecule has 1 saturated carbocycles. The van der Waals surface area contributed by atoms with Crippen molar-refractivity contribution in [2.75, 3.05) is 13.1 Å². The second kappa shape index (κ2) is 6.93. The summed E-state index contributed by atoms with van der Waals surface area (Å²) in [7, 11) is 0. The summed E-state index contributed by atoms with van der Waals surface area (Å²) in [6, 6.07) is 3.17. The van der Waals surface area contributed by atoms with Gasteiger partial charge in [0, 0.05) is 25.3 Å². The first-order chi connectivity index (χ1) is 10.2. The van der Waals surface area contributed by atoms with Gasteiger partial charge in [-0.2, -0.15) is 5.10 Å². The van der Waals surface area contributed by atoms with Gasteiger partial charge in [-0.3, -0.25) is 9.58 Å². The van der Waals surface area contributed by atoms with E-state index in [1.165, 1.54) is 57.2 Å². The quantitative estimate of drug-likeness (QED) is 0.927. The van der Waals surface area contributed by atoms with Crippen molar-refractivity contribution in [2.45, 2.75) is 70.5 Å². The number of nitrogens with two attached hydrogens (primary N) is 1. The van der Waals surface area contributed by atoms with Gasteiger partial charge in [-0.15, -0.1) is 0 Å². The molecule has 4 nitrogen and oxygen atoms in total. The largest absolute Gasteiger partial charge is 0.328 e. The molecule has 1 aromatic heterocycles. The molecule has 2 unspecified atom stereocenters. The Morgan fingerprint density at radius 1 is 1.24 bits per heavy atom. The van der Waals surface area contributed by atoms with Gasteiger partial charge in [0.2, 0.25) is 0 Å². The van der Waals surface area contributed by atoms with E-state index >= 15 is 0 Å². The van der Waals surface area contributed by atoms with Crippen molar-refractivity contribution in [3.63, 3.8) is 0 Å². The molecule has 2 fully saturated rings. The Morgan fingerprint density at radius 2 is 2.05 bits per heavy atom. The van der Waals surface area contributed by atoms with Crippen molar-refractivity contribution in [2.24, 2.45) is 11.7 Å². The molecule has 2 heterocycles. The summed E-state index contributed by atoms with van der Waals surface area (Å²) >= 11 is 0. The van der Waals surface area contributed by atoms with E-state index in [9.17, 15) is 0 Å². The minimum Gasteiger partial charge on any atom is -0.328 e. The first kappa shape index (κ1) is 15.0. The van der Waals surface area contributed by atoms with Crippen LogP contribution in [0.4, 0.5) is 0 Å². The van der Waals surface area contributed by atoms with Gasteiger partial charge in [0.15, 0.2) is 0 Å². The van der Waals surface area contributed by atoms with Crippen LogP contribution in [0.5, 0.6) is 0 Å². The number of hydrogen-bond acceptors (Lipinski definition) is 3. The average Bonchev–Trinajstić information content (AvgIpc) is 2.97. The summed E-state index contributed by atoms with van der Waals surface area (Å²) in [5.41, 5.74) is 7.31. The molecule has 1 aromatic rings. The average molecular weight is 290 g/mol. The zero-order valence-electron chi connectivity index (χ0n) is 13.4. The summed E-state index contributed by atoms with van der Waals surface area (Å²) in [5, 5.41) is 4.84. The Bertz CT molecular complexity index is 434. The predicted octanol–water partition coefficient (Wildman–Crippen LogP) is 2.95. The summed E-state index contributed by atoms with van der Waals surface area (Å²) in [5.74, 6) is 0.652. The van der Waals surface area contributed by atoms with Crippen LogP contribution < -0.4 is 5.73 Å². The summed E-state index contributed by atoms with van der Waals surface area (Å²) in [4.78, 5) is 2.53. The lowest BCUT2D eigenvalue weighted by atomic mass is 9.92. The van der Waals surface area contributed by atoms with E-state index in [0.717, 1.165) is 13.1 Å². The molecule has 4 heteroatoms. The Balaban J connectivity index is 1.56. The second-order valence-electron chi connectivity index (χ2n) is 7.08. The van der Waals surface area contributed by atoms with Crippen LogP contribution in [0.15, 0.2) is 12.3 Å². The number of piperidine rings is 1. The van der Waals surface area contributed by atoms with Crippen molar-refractivity contribution in [3.8, 4) is 0 Å². The molecular weight excluding hydrogens is 260 g/mol. The van der Waals surface area contributed by atoms with Crippen molar-refractivity contribution >= 4 is 0 Å². The molecule has 0 bridgehead atoms. The van der Waals surface area contributed by atoms with Crippen LogP contribution in [-0.2, 0) is 6.54 Å². The standard InChI is InChI=1S/C17H30N4/c1-14(18)15-6-5-10-20(12-15)13-16-9-11-21(19-16)17-7-3-2-4-8-17/h9,11,14-15,17H,2-8,10,12-13,18H2,1H3. The van der Waals surface area contributed by atoms with E-state index in [2.05, 4.69) is 28.8 Å². The summed E-state index contributed by atoms with van der Waals surface area (Å²) in [6.07, 6.45) is 11.5. The molecule has 2 N–H and O–H groups in total. The Hall–Kier alpha value is -0.870. The predicted molar refractivity (Wildman–Crippen MR) is 86.0 cm³/mol. The van der Waals surface area contributed by atoms with Crippen LogP contribution in [0, 0.1) is 5.92 Å². The fourth-order valence-corrected chi connectivity index (χ4v) is 3.90. The molecule has 3 rings (SSSR count). The van der Waals surface area contributed by atoms with Crippen LogP contribution in [0.2, 0.25) is 0 Å². The van der Waals surface area contributed by atoms with Gasteiger partial charge in [-0.25, -0.2) is 0 Å². The highest BCUT2D eigenvalue weighted by atomic mass is 15.3. The third-order valence-corrected chi connectivity index (χ3v) is 5.28.